The third kappa shape index (κ3) is 4.99. The van der Waals surface area contributed by atoms with Crippen LogP contribution in [0, 0.1) is 6.92 Å². The summed E-state index contributed by atoms with van der Waals surface area (Å²) in [5, 5.41) is 2.63. The van der Waals surface area contributed by atoms with Crippen molar-refractivity contribution in [2.45, 2.75) is 6.92 Å². The van der Waals surface area contributed by atoms with Crippen LogP contribution < -0.4 is 11.0 Å². The summed E-state index contributed by atoms with van der Waals surface area (Å²) < 4.78 is 6.40. The molecule has 0 aliphatic carbocycles. The maximum atomic E-state index is 12.1. The first-order valence-corrected chi connectivity index (χ1v) is 9.73. The second-order valence-corrected chi connectivity index (χ2v) is 7.68. The van der Waals surface area contributed by atoms with Gasteiger partial charge in [-0.3, -0.25) is 4.79 Å². The van der Waals surface area contributed by atoms with E-state index in [0.717, 1.165) is 15.6 Å². The minimum atomic E-state index is -0.632. The standard InChI is InChI=1S/C19H15Br2N3O4/c1-10-2-3-11(12(20)6-10)4-5-18(26)28-9-17(25)22-14-8-16-15(7-13(14)21)23-19(27)24-16/h2-8H,9H2,1H3,(H,22,25)(H2,23,24,27)/b5-4+. The summed E-state index contributed by atoms with van der Waals surface area (Å²) >= 11 is 6.75. The number of amides is 1. The van der Waals surface area contributed by atoms with Crippen LogP contribution in [-0.2, 0) is 14.3 Å². The molecule has 0 saturated heterocycles. The number of carbonyl (C=O) groups excluding carboxylic acids is 2. The van der Waals surface area contributed by atoms with Gasteiger partial charge < -0.3 is 20.0 Å². The van der Waals surface area contributed by atoms with Crippen molar-refractivity contribution in [1.82, 2.24) is 9.97 Å². The van der Waals surface area contributed by atoms with Crippen LogP contribution in [0.4, 0.5) is 5.69 Å². The van der Waals surface area contributed by atoms with Crippen molar-refractivity contribution in [3.05, 3.63) is 67.0 Å². The quantitative estimate of drug-likeness (QED) is 0.359. The van der Waals surface area contributed by atoms with E-state index in [1.807, 2.05) is 25.1 Å². The first kappa shape index (κ1) is 20.1. The molecule has 1 heterocycles. The minimum absolute atomic E-state index is 0.341. The van der Waals surface area contributed by atoms with Gasteiger partial charge in [-0.05, 0) is 58.3 Å². The highest BCUT2D eigenvalue weighted by molar-refractivity contribution is 9.11. The lowest BCUT2D eigenvalue weighted by Gasteiger charge is -2.08. The molecule has 9 heteroatoms. The smallest absolute Gasteiger partial charge is 0.331 e. The van der Waals surface area contributed by atoms with Crippen molar-refractivity contribution < 1.29 is 14.3 Å². The number of esters is 1. The van der Waals surface area contributed by atoms with E-state index >= 15 is 0 Å². The molecule has 1 amide bonds. The Morgan fingerprint density at radius 1 is 1.11 bits per heavy atom. The molecule has 3 N–H and O–H groups in total. The molecule has 3 rings (SSSR count). The average molecular weight is 509 g/mol. The zero-order valence-electron chi connectivity index (χ0n) is 14.6. The number of aromatic nitrogens is 2. The molecular weight excluding hydrogens is 494 g/mol. The van der Waals surface area contributed by atoms with E-state index in [-0.39, 0.29) is 5.69 Å². The van der Waals surface area contributed by atoms with Crippen LogP contribution in [-0.4, -0.2) is 28.5 Å². The van der Waals surface area contributed by atoms with E-state index in [9.17, 15) is 14.4 Å². The first-order chi connectivity index (χ1) is 13.3. The lowest BCUT2D eigenvalue weighted by atomic mass is 10.1. The fourth-order valence-electron chi connectivity index (χ4n) is 2.45. The Labute approximate surface area is 176 Å². The fraction of sp³-hybridized carbons (Fsp3) is 0.105. The Morgan fingerprint density at radius 3 is 2.54 bits per heavy atom. The molecule has 0 fully saturated rings. The Balaban J connectivity index is 1.58. The maximum absolute atomic E-state index is 12.1. The number of aromatic amines is 2. The summed E-state index contributed by atoms with van der Waals surface area (Å²) in [6.45, 7) is 1.53. The van der Waals surface area contributed by atoms with Crippen molar-refractivity contribution in [1.29, 1.82) is 0 Å². The van der Waals surface area contributed by atoms with Gasteiger partial charge in [0.05, 0.1) is 16.7 Å². The van der Waals surface area contributed by atoms with Gasteiger partial charge >= 0.3 is 11.7 Å². The summed E-state index contributed by atoms with van der Waals surface area (Å²) in [7, 11) is 0. The van der Waals surface area contributed by atoms with Crippen LogP contribution in [0.3, 0.4) is 0 Å². The molecule has 0 atom stereocenters. The highest BCUT2D eigenvalue weighted by Gasteiger charge is 2.10. The predicted octanol–water partition coefficient (Wildman–Crippen LogP) is 3.88. The molecular formula is C19H15Br2N3O4. The SMILES string of the molecule is Cc1ccc(/C=C/C(=O)OCC(=O)Nc2cc3[nH]c(=O)[nH]c3cc2Br)c(Br)c1. The molecule has 0 radical (unpaired) electrons. The monoisotopic (exact) mass is 507 g/mol. The van der Waals surface area contributed by atoms with E-state index in [1.54, 1.807) is 18.2 Å². The first-order valence-electron chi connectivity index (χ1n) is 8.14. The number of hydrogen-bond donors (Lipinski definition) is 3. The largest absolute Gasteiger partial charge is 0.452 e. The predicted molar refractivity (Wildman–Crippen MR) is 114 cm³/mol. The molecule has 1 aromatic heterocycles. The van der Waals surface area contributed by atoms with Gasteiger partial charge in [-0.1, -0.05) is 28.1 Å². The second kappa shape index (κ2) is 8.57. The van der Waals surface area contributed by atoms with Gasteiger partial charge in [0.25, 0.3) is 5.91 Å². The van der Waals surface area contributed by atoms with Crippen LogP contribution in [0.5, 0.6) is 0 Å². The van der Waals surface area contributed by atoms with Crippen LogP contribution >= 0.6 is 31.9 Å². The number of hydrogen-bond acceptors (Lipinski definition) is 4. The number of benzene rings is 2. The van der Waals surface area contributed by atoms with Crippen molar-refractivity contribution in [2.75, 3.05) is 11.9 Å². The number of imidazole rings is 1. The van der Waals surface area contributed by atoms with Crippen molar-refractivity contribution >= 4 is 66.5 Å². The van der Waals surface area contributed by atoms with Gasteiger partial charge in [0.2, 0.25) is 0 Å². The van der Waals surface area contributed by atoms with Gasteiger partial charge in [-0.2, -0.15) is 0 Å². The van der Waals surface area contributed by atoms with Gasteiger partial charge in [0.1, 0.15) is 0 Å². The highest BCUT2D eigenvalue weighted by atomic mass is 79.9. The van der Waals surface area contributed by atoms with Gasteiger partial charge in [0.15, 0.2) is 6.61 Å². The molecule has 0 bridgehead atoms. The molecule has 144 valence electrons. The van der Waals surface area contributed by atoms with E-state index in [4.69, 9.17) is 4.74 Å². The van der Waals surface area contributed by atoms with Crippen molar-refractivity contribution in [3.8, 4) is 0 Å². The Bertz CT molecular complexity index is 1150. The zero-order chi connectivity index (χ0) is 20.3. The highest BCUT2D eigenvalue weighted by Crippen LogP contribution is 2.26. The molecule has 0 spiro atoms. The summed E-state index contributed by atoms with van der Waals surface area (Å²) in [4.78, 5) is 40.5. The van der Waals surface area contributed by atoms with E-state index < -0.39 is 18.5 Å². The number of aryl methyl sites for hydroxylation is 1. The van der Waals surface area contributed by atoms with E-state index in [0.29, 0.717) is 21.2 Å². The maximum Gasteiger partial charge on any atom is 0.331 e. The fourth-order valence-corrected chi connectivity index (χ4v) is 3.52. The van der Waals surface area contributed by atoms with Crippen LogP contribution in [0.15, 0.2) is 50.1 Å². The summed E-state index contributed by atoms with van der Waals surface area (Å²) in [5.74, 6) is -1.14. The lowest BCUT2D eigenvalue weighted by molar-refractivity contribution is -0.142. The molecule has 7 nitrogen and oxygen atoms in total. The Hall–Kier alpha value is -2.65. The summed E-state index contributed by atoms with van der Waals surface area (Å²) in [6.07, 6.45) is 2.87. The molecule has 3 aromatic rings. The summed E-state index contributed by atoms with van der Waals surface area (Å²) in [5.41, 5.74) is 3.18. The molecule has 28 heavy (non-hydrogen) atoms. The lowest BCUT2D eigenvalue weighted by Crippen LogP contribution is -2.20. The number of rotatable bonds is 5. The van der Waals surface area contributed by atoms with E-state index in [2.05, 4.69) is 47.1 Å². The van der Waals surface area contributed by atoms with Crippen molar-refractivity contribution in [2.24, 2.45) is 0 Å². The Kier molecular flexibility index (Phi) is 6.15. The topological polar surface area (TPSA) is 104 Å². The van der Waals surface area contributed by atoms with E-state index in [1.165, 1.54) is 6.08 Å². The van der Waals surface area contributed by atoms with Crippen molar-refractivity contribution in [3.63, 3.8) is 0 Å². The minimum Gasteiger partial charge on any atom is -0.452 e. The number of anilines is 1. The zero-order valence-corrected chi connectivity index (χ0v) is 17.8. The van der Waals surface area contributed by atoms with Crippen LogP contribution in [0.25, 0.3) is 17.1 Å². The third-order valence-electron chi connectivity index (χ3n) is 3.78. The van der Waals surface area contributed by atoms with Crippen LogP contribution in [0.2, 0.25) is 0 Å². The molecule has 0 unspecified atom stereocenters. The van der Waals surface area contributed by atoms with Gasteiger partial charge in [-0.25, -0.2) is 9.59 Å². The Morgan fingerprint density at radius 2 is 1.82 bits per heavy atom. The number of H-pyrrole nitrogens is 2. The molecule has 0 saturated carbocycles. The van der Waals surface area contributed by atoms with Crippen LogP contribution in [0.1, 0.15) is 11.1 Å². The number of fused-ring (bicyclic) bond motifs is 1. The molecule has 0 aliphatic rings. The molecule has 0 aliphatic heterocycles. The second-order valence-electron chi connectivity index (χ2n) is 5.97. The van der Waals surface area contributed by atoms with Gasteiger partial charge in [-0.15, -0.1) is 0 Å². The average Bonchev–Trinajstić information content (AvgIpc) is 2.98. The third-order valence-corrected chi connectivity index (χ3v) is 5.12. The molecule has 2 aromatic carbocycles. The number of ether oxygens (including phenoxy) is 1. The number of carbonyl (C=O) groups is 2. The normalized spacial score (nSPS) is 11.1. The summed E-state index contributed by atoms with van der Waals surface area (Å²) in [6, 6.07) is 9.00. The number of halogens is 2. The van der Waals surface area contributed by atoms with Gasteiger partial charge in [0, 0.05) is 15.0 Å². The number of nitrogens with one attached hydrogen (secondary N) is 3.